The van der Waals surface area contributed by atoms with E-state index in [1.54, 1.807) is 24.3 Å². The van der Waals surface area contributed by atoms with Gasteiger partial charge in [-0.2, -0.15) is 4.31 Å². The van der Waals surface area contributed by atoms with Crippen molar-refractivity contribution in [3.05, 3.63) is 77.4 Å². The van der Waals surface area contributed by atoms with E-state index in [-0.39, 0.29) is 11.4 Å². The van der Waals surface area contributed by atoms with Crippen LogP contribution < -0.4 is 0 Å². The Labute approximate surface area is 178 Å². The molecule has 5 nitrogen and oxygen atoms in total. The van der Waals surface area contributed by atoms with Gasteiger partial charge in [0.2, 0.25) is 10.0 Å². The van der Waals surface area contributed by atoms with Crippen LogP contribution in [0, 0.1) is 12.3 Å². The lowest BCUT2D eigenvalue weighted by Gasteiger charge is -2.33. The van der Waals surface area contributed by atoms with Gasteiger partial charge in [-0.15, -0.1) is 0 Å². The normalized spacial score (nSPS) is 23.9. The lowest BCUT2D eigenvalue weighted by atomic mass is 9.77. The summed E-state index contributed by atoms with van der Waals surface area (Å²) in [5.74, 6) is -0.414. The molecule has 0 unspecified atom stereocenters. The van der Waals surface area contributed by atoms with Crippen molar-refractivity contribution in [1.29, 1.82) is 0 Å². The van der Waals surface area contributed by atoms with Crippen molar-refractivity contribution in [2.75, 3.05) is 6.54 Å². The summed E-state index contributed by atoms with van der Waals surface area (Å²) in [5, 5.41) is 0. The number of hydrogen-bond donors (Lipinski definition) is 0. The zero-order valence-corrected chi connectivity index (χ0v) is 18.6. The standard InChI is InChI=1S/C24H27NO4S/c1-16-10-12-19(13-11-16)30(27,28)25-15-17(2)24(22(26)29-23(3,4)5)14-18-8-6-7-9-20(18)21(24)25/h6-13,21H,2,14-15H2,1,3-5H3/t21-,24+/m0/s1. The van der Waals surface area contributed by atoms with Gasteiger partial charge in [-0.05, 0) is 62.9 Å². The molecule has 2 aromatic rings. The molecule has 1 heterocycles. The Hall–Kier alpha value is -2.44. The van der Waals surface area contributed by atoms with E-state index in [0.29, 0.717) is 12.0 Å². The van der Waals surface area contributed by atoms with E-state index in [0.717, 1.165) is 16.7 Å². The molecular formula is C24H27NO4S. The second-order valence-electron chi connectivity index (χ2n) is 9.22. The third-order valence-electron chi connectivity index (χ3n) is 5.94. The number of benzene rings is 2. The SMILES string of the molecule is C=C1CN(S(=O)(=O)c2ccc(C)cc2)[C@H]2c3ccccc3C[C@@]12C(=O)OC(C)(C)C. The highest BCUT2D eigenvalue weighted by Gasteiger charge is 2.63. The van der Waals surface area contributed by atoms with Crippen LogP contribution in [-0.2, 0) is 26.0 Å². The van der Waals surface area contributed by atoms with Crippen LogP contribution in [0.2, 0.25) is 0 Å². The van der Waals surface area contributed by atoms with Gasteiger partial charge < -0.3 is 4.74 Å². The summed E-state index contributed by atoms with van der Waals surface area (Å²) < 4.78 is 34.5. The zero-order chi connectivity index (χ0) is 21.9. The minimum Gasteiger partial charge on any atom is -0.459 e. The highest BCUT2D eigenvalue weighted by atomic mass is 32.2. The average molecular weight is 426 g/mol. The fourth-order valence-electron chi connectivity index (χ4n) is 4.53. The van der Waals surface area contributed by atoms with Crippen molar-refractivity contribution in [2.24, 2.45) is 5.41 Å². The molecule has 158 valence electrons. The Morgan fingerprint density at radius 1 is 1.13 bits per heavy atom. The van der Waals surface area contributed by atoms with Crippen molar-refractivity contribution in [3.63, 3.8) is 0 Å². The Morgan fingerprint density at radius 3 is 2.40 bits per heavy atom. The number of esters is 1. The maximum Gasteiger partial charge on any atom is 0.319 e. The number of carbonyl (C=O) groups is 1. The van der Waals surface area contributed by atoms with Gasteiger partial charge in [-0.25, -0.2) is 8.42 Å². The minimum atomic E-state index is -3.84. The lowest BCUT2D eigenvalue weighted by molar-refractivity contribution is -0.166. The van der Waals surface area contributed by atoms with Crippen molar-refractivity contribution < 1.29 is 17.9 Å². The van der Waals surface area contributed by atoms with E-state index in [1.807, 2.05) is 52.0 Å². The lowest BCUT2D eigenvalue weighted by Crippen LogP contribution is -2.42. The molecule has 0 spiro atoms. The first-order valence-corrected chi connectivity index (χ1v) is 11.5. The number of rotatable bonds is 3. The monoisotopic (exact) mass is 425 g/mol. The molecule has 1 fully saturated rings. The van der Waals surface area contributed by atoms with Gasteiger partial charge in [0.05, 0.1) is 10.9 Å². The van der Waals surface area contributed by atoms with Crippen molar-refractivity contribution >= 4 is 16.0 Å². The summed E-state index contributed by atoms with van der Waals surface area (Å²) in [5.41, 5.74) is 1.56. The Bertz CT molecular complexity index is 1130. The van der Waals surface area contributed by atoms with E-state index in [2.05, 4.69) is 6.58 Å². The molecule has 0 amide bonds. The molecule has 1 aliphatic heterocycles. The molecule has 4 rings (SSSR count). The summed E-state index contributed by atoms with van der Waals surface area (Å²) in [6, 6.07) is 13.8. The second kappa shape index (κ2) is 6.79. The number of carbonyl (C=O) groups excluding carboxylic acids is 1. The Balaban J connectivity index is 1.86. The molecule has 1 aliphatic carbocycles. The molecule has 30 heavy (non-hydrogen) atoms. The van der Waals surface area contributed by atoms with Crippen LogP contribution in [0.5, 0.6) is 0 Å². The van der Waals surface area contributed by atoms with E-state index in [4.69, 9.17) is 4.74 Å². The molecule has 6 heteroatoms. The van der Waals surface area contributed by atoms with Gasteiger partial charge in [0.25, 0.3) is 0 Å². The Kier molecular flexibility index (Phi) is 4.71. The van der Waals surface area contributed by atoms with Crippen molar-refractivity contribution in [2.45, 2.75) is 50.7 Å². The van der Waals surface area contributed by atoms with Crippen molar-refractivity contribution in [3.8, 4) is 0 Å². The number of aryl methyl sites for hydroxylation is 1. The summed E-state index contributed by atoms with van der Waals surface area (Å²) in [4.78, 5) is 13.7. The molecule has 0 N–H and O–H groups in total. The summed E-state index contributed by atoms with van der Waals surface area (Å²) >= 11 is 0. The van der Waals surface area contributed by atoms with Crippen LogP contribution in [-0.4, -0.2) is 30.8 Å². The first-order chi connectivity index (χ1) is 14.0. The molecule has 0 saturated carbocycles. The highest BCUT2D eigenvalue weighted by molar-refractivity contribution is 7.89. The van der Waals surface area contributed by atoms with E-state index in [1.165, 1.54) is 4.31 Å². The smallest absolute Gasteiger partial charge is 0.319 e. The zero-order valence-electron chi connectivity index (χ0n) is 17.8. The van der Waals surface area contributed by atoms with E-state index >= 15 is 0 Å². The molecule has 2 aromatic carbocycles. The third kappa shape index (κ3) is 3.10. The topological polar surface area (TPSA) is 63.7 Å². The number of sulfonamides is 1. The fourth-order valence-corrected chi connectivity index (χ4v) is 6.18. The molecule has 0 aromatic heterocycles. The minimum absolute atomic E-state index is 0.0917. The average Bonchev–Trinajstić information content (AvgIpc) is 3.15. The molecule has 2 atom stereocenters. The molecule has 2 aliphatic rings. The predicted octanol–water partition coefficient (Wildman–Crippen LogP) is 4.18. The van der Waals surface area contributed by atoms with Gasteiger partial charge in [0.1, 0.15) is 11.0 Å². The summed E-state index contributed by atoms with van der Waals surface area (Å²) in [6.45, 7) is 11.6. The molecule has 0 radical (unpaired) electrons. The van der Waals surface area contributed by atoms with Crippen LogP contribution in [0.3, 0.4) is 0 Å². The van der Waals surface area contributed by atoms with Gasteiger partial charge >= 0.3 is 5.97 Å². The van der Waals surface area contributed by atoms with Crippen LogP contribution in [0.25, 0.3) is 0 Å². The largest absolute Gasteiger partial charge is 0.459 e. The van der Waals surface area contributed by atoms with Gasteiger partial charge in [-0.1, -0.05) is 48.5 Å². The number of hydrogen-bond acceptors (Lipinski definition) is 4. The second-order valence-corrected chi connectivity index (χ2v) is 11.1. The fraction of sp³-hybridized carbons (Fsp3) is 0.375. The van der Waals surface area contributed by atoms with E-state index < -0.39 is 33.1 Å². The number of ether oxygens (including phenoxy) is 1. The van der Waals surface area contributed by atoms with Crippen LogP contribution in [0.4, 0.5) is 0 Å². The highest BCUT2D eigenvalue weighted by Crippen LogP contribution is 2.59. The van der Waals surface area contributed by atoms with Crippen LogP contribution in [0.15, 0.2) is 65.6 Å². The molecular weight excluding hydrogens is 398 g/mol. The van der Waals surface area contributed by atoms with Crippen molar-refractivity contribution in [1.82, 2.24) is 4.31 Å². The van der Waals surface area contributed by atoms with E-state index in [9.17, 15) is 13.2 Å². The summed E-state index contributed by atoms with van der Waals surface area (Å²) in [6.07, 6.45) is 0.390. The quantitative estimate of drug-likeness (QED) is 0.547. The van der Waals surface area contributed by atoms with Gasteiger partial charge in [0.15, 0.2) is 0 Å². The molecule has 0 bridgehead atoms. The van der Waals surface area contributed by atoms with Crippen LogP contribution >= 0.6 is 0 Å². The third-order valence-corrected chi connectivity index (χ3v) is 7.77. The number of fused-ring (bicyclic) bond motifs is 3. The Morgan fingerprint density at radius 2 is 1.77 bits per heavy atom. The predicted molar refractivity (Wildman–Crippen MR) is 115 cm³/mol. The summed E-state index contributed by atoms with van der Waals surface area (Å²) in [7, 11) is -3.84. The van der Waals surface area contributed by atoms with Crippen LogP contribution in [0.1, 0.15) is 43.5 Å². The molecule has 1 saturated heterocycles. The first-order valence-electron chi connectivity index (χ1n) is 10.0. The van der Waals surface area contributed by atoms with Gasteiger partial charge in [-0.3, -0.25) is 4.79 Å². The van der Waals surface area contributed by atoms with Gasteiger partial charge in [0, 0.05) is 6.54 Å². The first kappa shape index (κ1) is 20.8. The maximum absolute atomic E-state index is 13.6. The maximum atomic E-state index is 13.6. The number of nitrogens with zero attached hydrogens (tertiary/aromatic N) is 1.